The Hall–Kier alpha value is -0.0500. The smallest absolute Gasteiger partial charge is 0.0516 e. The maximum Gasteiger partial charge on any atom is 0.0516 e. The van der Waals surface area contributed by atoms with E-state index < -0.39 is 0 Å². The maximum absolute atomic E-state index is 5.88. The van der Waals surface area contributed by atoms with Gasteiger partial charge in [-0.15, -0.1) is 11.3 Å². The molecule has 3 heteroatoms. The van der Waals surface area contributed by atoms with Crippen molar-refractivity contribution < 1.29 is 0 Å². The Morgan fingerprint density at radius 2 is 2.27 bits per heavy atom. The number of thiophene rings is 1. The minimum absolute atomic E-state index is 0.709. The summed E-state index contributed by atoms with van der Waals surface area (Å²) < 4.78 is 0. The Morgan fingerprint density at radius 1 is 1.47 bits per heavy atom. The highest BCUT2D eigenvalue weighted by Crippen LogP contribution is 2.60. The molecule has 0 amide bonds. The normalized spacial score (nSPS) is 23.0. The summed E-state index contributed by atoms with van der Waals surface area (Å²) in [6, 6.07) is 2.07. The molecule has 0 radical (unpaired) electrons. The van der Waals surface area contributed by atoms with Crippen molar-refractivity contribution in [2.24, 2.45) is 11.3 Å². The van der Waals surface area contributed by atoms with Crippen molar-refractivity contribution >= 4 is 22.9 Å². The van der Waals surface area contributed by atoms with Gasteiger partial charge in [-0.1, -0.05) is 11.6 Å². The molecule has 0 atom stereocenters. The summed E-state index contributed by atoms with van der Waals surface area (Å²) in [6.07, 6.45) is 5.87. The van der Waals surface area contributed by atoms with Crippen molar-refractivity contribution in [3.63, 3.8) is 0 Å². The summed E-state index contributed by atoms with van der Waals surface area (Å²) in [7, 11) is 0. The molecular formula is C12H16ClNS. The van der Waals surface area contributed by atoms with E-state index in [-0.39, 0.29) is 0 Å². The largest absolute Gasteiger partial charge is 0.311 e. The van der Waals surface area contributed by atoms with Gasteiger partial charge in [0, 0.05) is 23.3 Å². The SMILES string of the molecule is Clc1csc(CNCC2(C3CC3)CC2)c1. The van der Waals surface area contributed by atoms with Crippen molar-refractivity contribution in [3.05, 3.63) is 21.3 Å². The van der Waals surface area contributed by atoms with Crippen LogP contribution < -0.4 is 5.32 Å². The first-order chi connectivity index (χ1) is 7.28. The minimum atomic E-state index is 0.709. The predicted octanol–water partition coefficient (Wildman–Crippen LogP) is 3.68. The zero-order chi connectivity index (χ0) is 10.3. The van der Waals surface area contributed by atoms with Gasteiger partial charge in [-0.05, 0) is 43.1 Å². The Balaban J connectivity index is 1.47. The maximum atomic E-state index is 5.88. The van der Waals surface area contributed by atoms with Gasteiger partial charge in [-0.3, -0.25) is 0 Å². The summed E-state index contributed by atoms with van der Waals surface area (Å²) in [6.45, 7) is 2.21. The fraction of sp³-hybridized carbons (Fsp3) is 0.667. The number of hydrogen-bond acceptors (Lipinski definition) is 2. The third-order valence-corrected chi connectivity index (χ3v) is 5.02. The molecular weight excluding hydrogens is 226 g/mol. The fourth-order valence-corrected chi connectivity index (χ4v) is 3.51. The van der Waals surface area contributed by atoms with E-state index >= 15 is 0 Å². The van der Waals surface area contributed by atoms with Gasteiger partial charge in [-0.2, -0.15) is 0 Å². The lowest BCUT2D eigenvalue weighted by molar-refractivity contribution is 0.404. The van der Waals surface area contributed by atoms with Crippen LogP contribution in [0.15, 0.2) is 11.4 Å². The van der Waals surface area contributed by atoms with Crippen LogP contribution in [0.4, 0.5) is 0 Å². The molecule has 82 valence electrons. The molecule has 1 nitrogen and oxygen atoms in total. The van der Waals surface area contributed by atoms with Crippen LogP contribution in [0.25, 0.3) is 0 Å². The second kappa shape index (κ2) is 3.76. The molecule has 0 spiro atoms. The first-order valence-corrected chi connectivity index (χ1v) is 6.98. The van der Waals surface area contributed by atoms with Gasteiger partial charge in [0.25, 0.3) is 0 Å². The molecule has 1 aromatic heterocycles. The number of hydrogen-bond donors (Lipinski definition) is 1. The zero-order valence-electron chi connectivity index (χ0n) is 8.76. The number of halogens is 1. The Morgan fingerprint density at radius 3 is 2.80 bits per heavy atom. The summed E-state index contributed by atoms with van der Waals surface area (Å²) in [4.78, 5) is 1.35. The zero-order valence-corrected chi connectivity index (χ0v) is 10.3. The fourth-order valence-electron chi connectivity index (χ4n) is 2.47. The average molecular weight is 242 g/mol. The van der Waals surface area contributed by atoms with Crippen LogP contribution in [0.2, 0.25) is 5.02 Å². The second-order valence-electron chi connectivity index (χ2n) is 4.97. The molecule has 15 heavy (non-hydrogen) atoms. The van der Waals surface area contributed by atoms with E-state index in [1.54, 1.807) is 11.3 Å². The van der Waals surface area contributed by atoms with E-state index in [1.807, 2.05) is 5.38 Å². The molecule has 0 aliphatic heterocycles. The Bertz CT molecular complexity index is 352. The van der Waals surface area contributed by atoms with E-state index in [9.17, 15) is 0 Å². The van der Waals surface area contributed by atoms with Gasteiger partial charge in [-0.25, -0.2) is 0 Å². The number of nitrogens with one attached hydrogen (secondary N) is 1. The molecule has 3 rings (SSSR count). The lowest BCUT2D eigenvalue weighted by Crippen LogP contribution is -2.24. The highest BCUT2D eigenvalue weighted by molar-refractivity contribution is 7.10. The highest BCUT2D eigenvalue weighted by atomic mass is 35.5. The average Bonchev–Trinajstić information content (AvgIpc) is 3.08. The van der Waals surface area contributed by atoms with Crippen LogP contribution in [0.3, 0.4) is 0 Å². The van der Waals surface area contributed by atoms with Crippen molar-refractivity contribution in [2.75, 3.05) is 6.54 Å². The molecule has 0 bridgehead atoms. The minimum Gasteiger partial charge on any atom is -0.311 e. The molecule has 2 fully saturated rings. The Kier molecular flexibility index (Phi) is 2.54. The topological polar surface area (TPSA) is 12.0 Å². The molecule has 2 aliphatic carbocycles. The molecule has 0 aromatic carbocycles. The van der Waals surface area contributed by atoms with Crippen molar-refractivity contribution in [1.29, 1.82) is 0 Å². The van der Waals surface area contributed by atoms with Crippen molar-refractivity contribution in [1.82, 2.24) is 5.32 Å². The van der Waals surface area contributed by atoms with Gasteiger partial charge in [0.2, 0.25) is 0 Å². The third-order valence-electron chi connectivity index (χ3n) is 3.73. The first kappa shape index (κ1) is 10.1. The molecule has 2 aliphatic rings. The summed E-state index contributed by atoms with van der Waals surface area (Å²) >= 11 is 7.63. The number of rotatable bonds is 5. The Labute approximate surface area is 99.8 Å². The van der Waals surface area contributed by atoms with Gasteiger partial charge >= 0.3 is 0 Å². The standard InChI is InChI=1S/C12H16ClNS/c13-10-5-11(15-7-10)6-14-8-12(3-4-12)9-1-2-9/h5,7,9,14H,1-4,6,8H2. The predicted molar refractivity (Wildman–Crippen MR) is 65.4 cm³/mol. The van der Waals surface area contributed by atoms with Gasteiger partial charge in [0.05, 0.1) is 5.02 Å². The lowest BCUT2D eigenvalue weighted by atomic mass is 10.0. The molecule has 0 saturated heterocycles. The molecule has 0 unspecified atom stereocenters. The van der Waals surface area contributed by atoms with Crippen molar-refractivity contribution in [2.45, 2.75) is 32.2 Å². The van der Waals surface area contributed by atoms with Crippen molar-refractivity contribution in [3.8, 4) is 0 Å². The van der Waals surface area contributed by atoms with E-state index in [4.69, 9.17) is 11.6 Å². The second-order valence-corrected chi connectivity index (χ2v) is 6.40. The molecule has 1 N–H and O–H groups in total. The summed E-state index contributed by atoms with van der Waals surface area (Å²) in [5.74, 6) is 1.05. The van der Waals surface area contributed by atoms with Gasteiger partial charge < -0.3 is 5.32 Å². The van der Waals surface area contributed by atoms with Crippen LogP contribution in [0, 0.1) is 11.3 Å². The van der Waals surface area contributed by atoms with Crippen LogP contribution in [-0.4, -0.2) is 6.54 Å². The van der Waals surface area contributed by atoms with E-state index in [0.717, 1.165) is 17.5 Å². The monoisotopic (exact) mass is 241 g/mol. The lowest BCUT2D eigenvalue weighted by Gasteiger charge is -2.14. The highest BCUT2D eigenvalue weighted by Gasteiger charge is 2.53. The summed E-state index contributed by atoms with van der Waals surface area (Å²) in [5, 5.41) is 6.47. The van der Waals surface area contributed by atoms with E-state index in [2.05, 4.69) is 11.4 Å². The van der Waals surface area contributed by atoms with Gasteiger partial charge in [0.1, 0.15) is 0 Å². The van der Waals surface area contributed by atoms with E-state index in [1.165, 1.54) is 37.1 Å². The summed E-state index contributed by atoms with van der Waals surface area (Å²) in [5.41, 5.74) is 0.709. The quantitative estimate of drug-likeness (QED) is 0.829. The molecule has 1 aromatic rings. The van der Waals surface area contributed by atoms with Crippen LogP contribution in [0.5, 0.6) is 0 Å². The van der Waals surface area contributed by atoms with Crippen LogP contribution in [0.1, 0.15) is 30.6 Å². The molecule has 2 saturated carbocycles. The first-order valence-electron chi connectivity index (χ1n) is 5.72. The van der Waals surface area contributed by atoms with Gasteiger partial charge in [0.15, 0.2) is 0 Å². The molecule has 1 heterocycles. The van der Waals surface area contributed by atoms with Crippen LogP contribution >= 0.6 is 22.9 Å². The van der Waals surface area contributed by atoms with E-state index in [0.29, 0.717) is 5.41 Å². The third kappa shape index (κ3) is 2.22. The van der Waals surface area contributed by atoms with Crippen LogP contribution in [-0.2, 0) is 6.54 Å².